The van der Waals surface area contributed by atoms with E-state index in [1.807, 2.05) is 0 Å². The highest BCUT2D eigenvalue weighted by Gasteiger charge is 2.13. The molecule has 106 valence electrons. The SMILES string of the molecule is CC(O)CCN(C)C(=O)CNC(=O)c1ccc(Br)s1. The van der Waals surface area contributed by atoms with E-state index in [1.165, 1.54) is 16.2 Å². The quantitative estimate of drug-likeness (QED) is 0.817. The summed E-state index contributed by atoms with van der Waals surface area (Å²) in [6, 6.07) is 3.49. The first kappa shape index (κ1) is 16.1. The fourth-order valence-electron chi connectivity index (χ4n) is 1.32. The van der Waals surface area contributed by atoms with Gasteiger partial charge in [-0.05, 0) is 41.4 Å². The van der Waals surface area contributed by atoms with Gasteiger partial charge in [-0.2, -0.15) is 0 Å². The van der Waals surface area contributed by atoms with Gasteiger partial charge in [0.2, 0.25) is 5.91 Å². The summed E-state index contributed by atoms with van der Waals surface area (Å²) >= 11 is 4.59. The third-order valence-corrected chi connectivity index (χ3v) is 4.13. The maximum absolute atomic E-state index is 11.7. The molecule has 0 saturated carbocycles. The van der Waals surface area contributed by atoms with E-state index in [4.69, 9.17) is 5.11 Å². The van der Waals surface area contributed by atoms with Crippen LogP contribution in [0.15, 0.2) is 15.9 Å². The van der Waals surface area contributed by atoms with Crippen molar-refractivity contribution in [1.29, 1.82) is 0 Å². The highest BCUT2D eigenvalue weighted by atomic mass is 79.9. The molecule has 1 aromatic heterocycles. The van der Waals surface area contributed by atoms with Gasteiger partial charge in [-0.3, -0.25) is 9.59 Å². The predicted octanol–water partition coefficient (Wildman–Crippen LogP) is 1.47. The van der Waals surface area contributed by atoms with E-state index in [2.05, 4.69) is 21.2 Å². The van der Waals surface area contributed by atoms with Gasteiger partial charge < -0.3 is 15.3 Å². The number of carbonyl (C=O) groups excluding carboxylic acids is 2. The average Bonchev–Trinajstić information content (AvgIpc) is 2.79. The van der Waals surface area contributed by atoms with Crippen molar-refractivity contribution in [2.24, 2.45) is 0 Å². The number of rotatable bonds is 6. The Labute approximate surface area is 124 Å². The summed E-state index contributed by atoms with van der Waals surface area (Å²) in [7, 11) is 1.65. The Bertz CT molecular complexity index is 448. The molecule has 2 N–H and O–H groups in total. The van der Waals surface area contributed by atoms with E-state index in [0.717, 1.165) is 3.79 Å². The molecule has 1 atom stereocenters. The smallest absolute Gasteiger partial charge is 0.261 e. The van der Waals surface area contributed by atoms with E-state index in [0.29, 0.717) is 17.8 Å². The van der Waals surface area contributed by atoms with Crippen molar-refractivity contribution in [1.82, 2.24) is 10.2 Å². The van der Waals surface area contributed by atoms with Crippen molar-refractivity contribution in [2.75, 3.05) is 20.1 Å². The van der Waals surface area contributed by atoms with Gasteiger partial charge in [-0.15, -0.1) is 11.3 Å². The van der Waals surface area contributed by atoms with Crippen molar-refractivity contribution < 1.29 is 14.7 Å². The van der Waals surface area contributed by atoms with Crippen molar-refractivity contribution in [3.63, 3.8) is 0 Å². The molecule has 7 heteroatoms. The molecular weight excluding hydrogens is 332 g/mol. The Hall–Kier alpha value is -0.920. The van der Waals surface area contributed by atoms with Gasteiger partial charge in [0.05, 0.1) is 21.3 Å². The number of hydrogen-bond donors (Lipinski definition) is 2. The molecule has 0 saturated heterocycles. The first-order chi connectivity index (χ1) is 8.90. The van der Waals surface area contributed by atoms with Crippen molar-refractivity contribution >= 4 is 39.1 Å². The van der Waals surface area contributed by atoms with Crippen molar-refractivity contribution in [3.8, 4) is 0 Å². The summed E-state index contributed by atoms with van der Waals surface area (Å²) in [5.74, 6) is -0.433. The summed E-state index contributed by atoms with van der Waals surface area (Å²) in [4.78, 5) is 25.5. The molecule has 1 unspecified atom stereocenters. The van der Waals surface area contributed by atoms with Crippen LogP contribution in [0.3, 0.4) is 0 Å². The molecule has 0 aromatic carbocycles. The Morgan fingerprint density at radius 2 is 2.21 bits per heavy atom. The lowest BCUT2D eigenvalue weighted by Gasteiger charge is -2.18. The van der Waals surface area contributed by atoms with Gasteiger partial charge in [-0.1, -0.05) is 0 Å². The van der Waals surface area contributed by atoms with Crippen LogP contribution in [0.1, 0.15) is 23.0 Å². The molecule has 5 nitrogen and oxygen atoms in total. The standard InChI is InChI=1S/C12H17BrN2O3S/c1-8(16)5-6-15(2)11(17)7-14-12(18)9-3-4-10(13)19-9/h3-4,8,16H,5-7H2,1-2H3,(H,14,18). The minimum absolute atomic E-state index is 0.0370. The van der Waals surface area contributed by atoms with Crippen molar-refractivity contribution in [2.45, 2.75) is 19.4 Å². The maximum atomic E-state index is 11.7. The molecule has 19 heavy (non-hydrogen) atoms. The predicted molar refractivity (Wildman–Crippen MR) is 78.3 cm³/mol. The lowest BCUT2D eigenvalue weighted by molar-refractivity contribution is -0.129. The second-order valence-corrected chi connectivity index (χ2v) is 6.70. The Kier molecular flexibility index (Phi) is 6.47. The number of aliphatic hydroxyl groups excluding tert-OH is 1. The molecule has 0 spiro atoms. The molecule has 0 bridgehead atoms. The van der Waals surface area contributed by atoms with Crippen LogP contribution >= 0.6 is 27.3 Å². The van der Waals surface area contributed by atoms with Gasteiger partial charge in [0.1, 0.15) is 0 Å². The first-order valence-corrected chi connectivity index (χ1v) is 7.46. The fraction of sp³-hybridized carbons (Fsp3) is 0.500. The summed E-state index contributed by atoms with van der Waals surface area (Å²) in [6.45, 7) is 2.11. The molecule has 2 amide bonds. The van der Waals surface area contributed by atoms with Gasteiger partial charge in [0.25, 0.3) is 5.91 Å². The van der Waals surface area contributed by atoms with Crippen LogP contribution in [0.25, 0.3) is 0 Å². The van der Waals surface area contributed by atoms with Crippen LogP contribution in [0.2, 0.25) is 0 Å². The number of aliphatic hydroxyl groups is 1. The molecule has 0 aliphatic heterocycles. The second kappa shape index (κ2) is 7.62. The van der Waals surface area contributed by atoms with Crippen LogP contribution in [0, 0.1) is 0 Å². The van der Waals surface area contributed by atoms with E-state index < -0.39 is 6.10 Å². The molecule has 0 aliphatic carbocycles. The minimum Gasteiger partial charge on any atom is -0.393 e. The number of nitrogens with zero attached hydrogens (tertiary/aromatic N) is 1. The first-order valence-electron chi connectivity index (χ1n) is 5.85. The van der Waals surface area contributed by atoms with Gasteiger partial charge in [0.15, 0.2) is 0 Å². The zero-order chi connectivity index (χ0) is 14.4. The number of thiophene rings is 1. The van der Waals surface area contributed by atoms with Crippen molar-refractivity contribution in [3.05, 3.63) is 20.8 Å². The van der Waals surface area contributed by atoms with Crippen LogP contribution < -0.4 is 5.32 Å². The van der Waals surface area contributed by atoms with Crippen LogP contribution in [-0.2, 0) is 4.79 Å². The van der Waals surface area contributed by atoms with E-state index >= 15 is 0 Å². The number of hydrogen-bond acceptors (Lipinski definition) is 4. The highest BCUT2D eigenvalue weighted by molar-refractivity contribution is 9.11. The van der Waals surface area contributed by atoms with E-state index in [9.17, 15) is 9.59 Å². The number of halogens is 1. The Balaban J connectivity index is 2.35. The molecule has 1 rings (SSSR count). The van der Waals surface area contributed by atoms with Crippen LogP contribution in [0.4, 0.5) is 0 Å². The lowest BCUT2D eigenvalue weighted by Crippen LogP contribution is -2.38. The third-order valence-electron chi connectivity index (χ3n) is 2.51. The number of amides is 2. The largest absolute Gasteiger partial charge is 0.393 e. The fourth-order valence-corrected chi connectivity index (χ4v) is 2.62. The Morgan fingerprint density at radius 3 is 2.74 bits per heavy atom. The minimum atomic E-state index is -0.437. The van der Waals surface area contributed by atoms with Gasteiger partial charge >= 0.3 is 0 Å². The van der Waals surface area contributed by atoms with E-state index in [-0.39, 0.29) is 18.4 Å². The zero-order valence-electron chi connectivity index (χ0n) is 10.9. The number of likely N-dealkylation sites (N-methyl/N-ethyl adjacent to an activating group) is 1. The molecule has 0 fully saturated rings. The van der Waals surface area contributed by atoms with E-state index in [1.54, 1.807) is 26.1 Å². The number of nitrogens with one attached hydrogen (secondary N) is 1. The zero-order valence-corrected chi connectivity index (χ0v) is 13.3. The molecule has 0 radical (unpaired) electrons. The lowest BCUT2D eigenvalue weighted by atomic mass is 10.3. The average molecular weight is 349 g/mol. The monoisotopic (exact) mass is 348 g/mol. The third kappa shape index (κ3) is 5.71. The summed E-state index contributed by atoms with van der Waals surface area (Å²) in [5.41, 5.74) is 0. The number of carbonyl (C=O) groups is 2. The highest BCUT2D eigenvalue weighted by Crippen LogP contribution is 2.21. The molecule has 1 aromatic rings. The topological polar surface area (TPSA) is 69.6 Å². The summed E-state index contributed by atoms with van der Waals surface area (Å²) in [6.07, 6.45) is 0.0851. The van der Waals surface area contributed by atoms with Crippen LogP contribution in [0.5, 0.6) is 0 Å². The second-order valence-electron chi connectivity index (χ2n) is 4.24. The maximum Gasteiger partial charge on any atom is 0.261 e. The normalized spacial score (nSPS) is 12.0. The molecular formula is C12H17BrN2O3S. The Morgan fingerprint density at radius 1 is 1.53 bits per heavy atom. The molecule has 1 heterocycles. The van der Waals surface area contributed by atoms with Crippen LogP contribution in [-0.4, -0.2) is 48.1 Å². The molecule has 0 aliphatic rings. The summed E-state index contributed by atoms with van der Waals surface area (Å²) in [5, 5.41) is 11.7. The van der Waals surface area contributed by atoms with Gasteiger partial charge in [0, 0.05) is 13.6 Å². The van der Waals surface area contributed by atoms with Gasteiger partial charge in [-0.25, -0.2) is 0 Å². The summed E-state index contributed by atoms with van der Waals surface area (Å²) < 4.78 is 0.873.